The summed E-state index contributed by atoms with van der Waals surface area (Å²) < 4.78 is 4.80. The summed E-state index contributed by atoms with van der Waals surface area (Å²) in [7, 11) is 1.65. The second-order valence-corrected chi connectivity index (χ2v) is 3.93. The van der Waals surface area contributed by atoms with Crippen LogP contribution in [0.4, 0.5) is 0 Å². The summed E-state index contributed by atoms with van der Waals surface area (Å²) in [5.74, 6) is -0.443. The van der Waals surface area contributed by atoms with Crippen LogP contribution >= 0.6 is 0 Å². The summed E-state index contributed by atoms with van der Waals surface area (Å²) in [4.78, 5) is 28.3. The molecule has 0 N–H and O–H groups in total. The average molecular weight is 262 g/mol. The third-order valence-electron chi connectivity index (χ3n) is 2.46. The van der Waals surface area contributed by atoms with Gasteiger partial charge in [-0.3, -0.25) is 14.6 Å². The number of amides is 1. The first-order valence-corrected chi connectivity index (χ1v) is 6.12. The molecule has 5 heteroatoms. The number of carbonyl (C=O) groups is 2. The Balaban J connectivity index is 2.40. The van der Waals surface area contributed by atoms with Gasteiger partial charge in [0.25, 0.3) is 0 Å². The predicted molar refractivity (Wildman–Crippen MR) is 72.2 cm³/mol. The van der Waals surface area contributed by atoms with Gasteiger partial charge in [-0.2, -0.15) is 0 Å². The van der Waals surface area contributed by atoms with Gasteiger partial charge in [-0.25, -0.2) is 0 Å². The van der Waals surface area contributed by atoms with E-state index in [9.17, 15) is 9.59 Å². The minimum Gasteiger partial charge on any atom is -0.466 e. The summed E-state index contributed by atoms with van der Waals surface area (Å²) in [6.45, 7) is 2.46. The second-order valence-electron chi connectivity index (χ2n) is 3.93. The second kappa shape index (κ2) is 8.02. The Morgan fingerprint density at radius 3 is 2.68 bits per heavy atom. The summed E-state index contributed by atoms with van der Waals surface area (Å²) in [6.07, 6.45) is 6.72. The summed E-state index contributed by atoms with van der Waals surface area (Å²) in [5, 5.41) is 0. The molecule has 1 heterocycles. The molecule has 0 aliphatic carbocycles. The quantitative estimate of drug-likeness (QED) is 0.576. The van der Waals surface area contributed by atoms with Gasteiger partial charge in [0.15, 0.2) is 0 Å². The van der Waals surface area contributed by atoms with E-state index in [1.807, 2.05) is 12.1 Å². The Morgan fingerprint density at radius 1 is 1.37 bits per heavy atom. The molecule has 0 fully saturated rings. The van der Waals surface area contributed by atoms with Gasteiger partial charge in [0, 0.05) is 32.1 Å². The number of esters is 1. The normalized spacial score (nSPS) is 10.4. The van der Waals surface area contributed by atoms with Crippen LogP contribution < -0.4 is 0 Å². The van der Waals surface area contributed by atoms with Crippen LogP contribution in [0.15, 0.2) is 30.6 Å². The van der Waals surface area contributed by atoms with Gasteiger partial charge >= 0.3 is 5.97 Å². The Labute approximate surface area is 112 Å². The van der Waals surface area contributed by atoms with Crippen molar-refractivity contribution in [2.24, 2.45) is 0 Å². The van der Waals surface area contributed by atoms with Gasteiger partial charge in [0.05, 0.1) is 13.0 Å². The standard InChI is InChI=1S/C14H18N2O3/c1-3-19-14(18)8-11-16(2)13(17)5-4-12-6-9-15-10-7-12/h4-7,9-10H,3,8,11H2,1-2H3/b5-4+. The fraction of sp³-hybridized carbons (Fsp3) is 0.357. The highest BCUT2D eigenvalue weighted by Gasteiger charge is 2.08. The molecule has 0 radical (unpaired) electrons. The third-order valence-corrected chi connectivity index (χ3v) is 2.46. The van der Waals surface area contributed by atoms with E-state index >= 15 is 0 Å². The number of likely N-dealkylation sites (N-methyl/N-ethyl adjacent to an activating group) is 1. The molecule has 1 aromatic heterocycles. The van der Waals surface area contributed by atoms with E-state index in [-0.39, 0.29) is 18.3 Å². The number of rotatable bonds is 6. The molecule has 1 amide bonds. The Morgan fingerprint density at radius 2 is 2.05 bits per heavy atom. The molecule has 0 aromatic carbocycles. The number of ether oxygens (including phenoxy) is 1. The van der Waals surface area contributed by atoms with Gasteiger partial charge < -0.3 is 9.64 Å². The largest absolute Gasteiger partial charge is 0.466 e. The van der Waals surface area contributed by atoms with Crippen LogP contribution in [0.1, 0.15) is 18.9 Å². The van der Waals surface area contributed by atoms with Gasteiger partial charge in [0.2, 0.25) is 5.91 Å². The Hall–Kier alpha value is -2.17. The van der Waals surface area contributed by atoms with E-state index in [1.165, 1.54) is 11.0 Å². The Kier molecular flexibility index (Phi) is 6.29. The zero-order valence-corrected chi connectivity index (χ0v) is 11.2. The van der Waals surface area contributed by atoms with Crippen LogP contribution in [0.2, 0.25) is 0 Å². The minimum atomic E-state index is -0.291. The summed E-state index contributed by atoms with van der Waals surface area (Å²) in [6, 6.07) is 3.62. The molecular formula is C14H18N2O3. The fourth-order valence-corrected chi connectivity index (χ4v) is 1.37. The van der Waals surface area contributed by atoms with Crippen molar-refractivity contribution in [3.8, 4) is 0 Å². The molecule has 0 atom stereocenters. The SMILES string of the molecule is CCOC(=O)CCN(C)C(=O)/C=C/c1ccncc1. The van der Waals surface area contributed by atoms with Crippen molar-refractivity contribution in [1.82, 2.24) is 9.88 Å². The average Bonchev–Trinajstić information content (AvgIpc) is 2.43. The lowest BCUT2D eigenvalue weighted by Gasteiger charge is -2.14. The Bertz CT molecular complexity index is 443. The summed E-state index contributed by atoms with van der Waals surface area (Å²) >= 11 is 0. The number of carbonyl (C=O) groups excluding carboxylic acids is 2. The first kappa shape index (κ1) is 14.9. The van der Waals surface area contributed by atoms with Crippen molar-refractivity contribution >= 4 is 18.0 Å². The molecule has 0 saturated carbocycles. The van der Waals surface area contributed by atoms with Crippen LogP contribution in [0.5, 0.6) is 0 Å². The molecule has 0 unspecified atom stereocenters. The molecule has 1 aromatic rings. The number of nitrogens with zero attached hydrogens (tertiary/aromatic N) is 2. The molecule has 0 aliphatic heterocycles. The highest BCUT2D eigenvalue weighted by atomic mass is 16.5. The van der Waals surface area contributed by atoms with Crippen molar-refractivity contribution in [2.45, 2.75) is 13.3 Å². The molecule has 0 aliphatic rings. The lowest BCUT2D eigenvalue weighted by molar-refractivity contribution is -0.143. The lowest BCUT2D eigenvalue weighted by atomic mass is 10.2. The van der Waals surface area contributed by atoms with E-state index in [1.54, 1.807) is 32.4 Å². The van der Waals surface area contributed by atoms with Crippen molar-refractivity contribution < 1.29 is 14.3 Å². The highest BCUT2D eigenvalue weighted by Crippen LogP contribution is 2.00. The molecule has 5 nitrogen and oxygen atoms in total. The van der Waals surface area contributed by atoms with E-state index in [0.29, 0.717) is 13.2 Å². The first-order valence-electron chi connectivity index (χ1n) is 6.12. The van der Waals surface area contributed by atoms with Gasteiger partial charge in [0.1, 0.15) is 0 Å². The lowest BCUT2D eigenvalue weighted by Crippen LogP contribution is -2.27. The molecule has 102 valence electrons. The van der Waals surface area contributed by atoms with Crippen LogP contribution in [0, 0.1) is 0 Å². The first-order chi connectivity index (χ1) is 9.13. The van der Waals surface area contributed by atoms with Gasteiger partial charge in [-0.15, -0.1) is 0 Å². The molecular weight excluding hydrogens is 244 g/mol. The molecule has 0 saturated heterocycles. The molecule has 19 heavy (non-hydrogen) atoms. The van der Waals surface area contributed by atoms with E-state index in [0.717, 1.165) is 5.56 Å². The highest BCUT2D eigenvalue weighted by molar-refractivity contribution is 5.91. The molecule has 0 bridgehead atoms. The number of hydrogen-bond acceptors (Lipinski definition) is 4. The van der Waals surface area contributed by atoms with Gasteiger partial charge in [-0.1, -0.05) is 0 Å². The van der Waals surface area contributed by atoms with Crippen molar-refractivity contribution in [3.63, 3.8) is 0 Å². The van der Waals surface area contributed by atoms with Crippen LogP contribution in [-0.4, -0.2) is 42.0 Å². The summed E-state index contributed by atoms with van der Waals surface area (Å²) in [5.41, 5.74) is 0.905. The maximum Gasteiger partial charge on any atom is 0.307 e. The maximum absolute atomic E-state index is 11.8. The van der Waals surface area contributed by atoms with Crippen molar-refractivity contribution in [3.05, 3.63) is 36.2 Å². The topological polar surface area (TPSA) is 59.5 Å². The smallest absolute Gasteiger partial charge is 0.307 e. The van der Waals surface area contributed by atoms with Crippen LogP contribution in [0.3, 0.4) is 0 Å². The zero-order valence-electron chi connectivity index (χ0n) is 11.2. The monoisotopic (exact) mass is 262 g/mol. The predicted octanol–water partition coefficient (Wildman–Crippen LogP) is 1.51. The van der Waals surface area contributed by atoms with Crippen molar-refractivity contribution in [1.29, 1.82) is 0 Å². The fourth-order valence-electron chi connectivity index (χ4n) is 1.37. The molecule has 0 spiro atoms. The third kappa shape index (κ3) is 5.81. The number of pyridine rings is 1. The van der Waals surface area contributed by atoms with E-state index in [4.69, 9.17) is 4.74 Å². The van der Waals surface area contributed by atoms with E-state index < -0.39 is 0 Å². The number of hydrogen-bond donors (Lipinski definition) is 0. The number of aromatic nitrogens is 1. The zero-order chi connectivity index (χ0) is 14.1. The van der Waals surface area contributed by atoms with E-state index in [2.05, 4.69) is 4.98 Å². The van der Waals surface area contributed by atoms with Gasteiger partial charge in [-0.05, 0) is 30.7 Å². The maximum atomic E-state index is 11.8. The van der Waals surface area contributed by atoms with Crippen LogP contribution in [0.25, 0.3) is 6.08 Å². The van der Waals surface area contributed by atoms with Crippen molar-refractivity contribution in [2.75, 3.05) is 20.2 Å². The van der Waals surface area contributed by atoms with Crippen LogP contribution in [-0.2, 0) is 14.3 Å². The molecule has 1 rings (SSSR count). The minimum absolute atomic E-state index is 0.152.